The van der Waals surface area contributed by atoms with E-state index in [4.69, 9.17) is 28.4 Å². The summed E-state index contributed by atoms with van der Waals surface area (Å²) in [4.78, 5) is 44.3. The number of fused-ring (bicyclic) bond motifs is 1. The van der Waals surface area contributed by atoms with E-state index < -0.39 is 18.0 Å². The van der Waals surface area contributed by atoms with Crippen molar-refractivity contribution in [1.82, 2.24) is 4.57 Å². The van der Waals surface area contributed by atoms with E-state index in [1.807, 2.05) is 13.8 Å². The van der Waals surface area contributed by atoms with Crippen molar-refractivity contribution < 1.29 is 38.0 Å². The third-order valence-corrected chi connectivity index (χ3v) is 7.66. The fourth-order valence-electron chi connectivity index (χ4n) is 4.83. The van der Waals surface area contributed by atoms with Crippen LogP contribution in [-0.4, -0.2) is 56.1 Å². The van der Waals surface area contributed by atoms with Crippen LogP contribution in [0, 0.1) is 0 Å². The number of nitrogens with zero attached hydrogens (tertiary/aromatic N) is 2. The van der Waals surface area contributed by atoms with Gasteiger partial charge in [-0.15, -0.1) is 0 Å². The number of allylic oxidation sites excluding steroid dienone is 1. The van der Waals surface area contributed by atoms with Gasteiger partial charge in [0.05, 0.1) is 48.3 Å². The maximum atomic E-state index is 14.1. The minimum atomic E-state index is -0.831. The molecule has 244 valence electrons. The van der Waals surface area contributed by atoms with Gasteiger partial charge in [-0.3, -0.25) is 9.36 Å². The fourth-order valence-corrected chi connectivity index (χ4v) is 5.88. The molecule has 0 radical (unpaired) electrons. The molecule has 1 atom stereocenters. The van der Waals surface area contributed by atoms with Crippen LogP contribution >= 0.6 is 11.3 Å². The number of carbonyl (C=O) groups excluding carboxylic acids is 2. The third-order valence-electron chi connectivity index (χ3n) is 6.67. The van der Waals surface area contributed by atoms with Gasteiger partial charge >= 0.3 is 11.9 Å². The summed E-state index contributed by atoms with van der Waals surface area (Å²) in [5.41, 5.74) is 1.65. The smallest absolute Gasteiger partial charge is 0.344 e. The van der Waals surface area contributed by atoms with Crippen LogP contribution in [0.1, 0.15) is 51.8 Å². The molecule has 1 unspecified atom stereocenters. The largest absolute Gasteiger partial charge is 0.490 e. The Bertz CT molecular complexity index is 1810. The Morgan fingerprint density at radius 3 is 2.24 bits per heavy atom. The van der Waals surface area contributed by atoms with E-state index in [2.05, 4.69) is 11.6 Å². The molecule has 0 saturated carbocycles. The molecule has 4 rings (SSSR count). The highest BCUT2D eigenvalue weighted by atomic mass is 32.1. The highest BCUT2D eigenvalue weighted by Crippen LogP contribution is 2.36. The Morgan fingerprint density at radius 1 is 0.891 bits per heavy atom. The number of esters is 2. The standard InChI is InChI=1S/C34H38N2O9S/c1-7-16-44-24-15-13-23(19-27(24)41-9-3)31-30(33(39)43-11-5)21(6)35-34-36(31)32(38)28(46-34)18-22-12-14-25(26(17-22)40-8-2)45-20-29(37)42-10-4/h7,12-15,17-19,31H,1,8-11,16,20H2,2-6H3/b28-18+. The number of thiazole rings is 1. The fraction of sp³-hybridized carbons (Fsp3) is 0.353. The number of ether oxygens (including phenoxy) is 6. The number of aromatic nitrogens is 1. The maximum Gasteiger partial charge on any atom is 0.344 e. The van der Waals surface area contributed by atoms with Gasteiger partial charge in [0, 0.05) is 0 Å². The lowest BCUT2D eigenvalue weighted by molar-refractivity contribution is -0.145. The molecule has 3 aromatic rings. The highest BCUT2D eigenvalue weighted by Gasteiger charge is 2.34. The average Bonchev–Trinajstić information content (AvgIpc) is 3.33. The lowest BCUT2D eigenvalue weighted by atomic mass is 9.95. The Balaban J connectivity index is 1.83. The van der Waals surface area contributed by atoms with E-state index in [1.54, 1.807) is 69.3 Å². The SMILES string of the molecule is C=CCOc1ccc(C2C(C(=O)OCC)=C(C)N=c3s/c(=C/c4ccc(OCC(=O)OCC)c(OCC)c4)c(=O)n32)cc1OCC. The molecule has 11 nitrogen and oxygen atoms in total. The van der Waals surface area contributed by atoms with Gasteiger partial charge in [0.15, 0.2) is 34.4 Å². The summed E-state index contributed by atoms with van der Waals surface area (Å²) < 4.78 is 35.3. The molecular weight excluding hydrogens is 612 g/mol. The van der Waals surface area contributed by atoms with Crippen molar-refractivity contribution in [3.05, 3.63) is 91.1 Å². The van der Waals surface area contributed by atoms with E-state index in [9.17, 15) is 14.4 Å². The van der Waals surface area contributed by atoms with Gasteiger partial charge in [-0.1, -0.05) is 36.1 Å². The first-order chi connectivity index (χ1) is 22.3. The van der Waals surface area contributed by atoms with Gasteiger partial charge in [0.25, 0.3) is 5.56 Å². The number of benzene rings is 2. The Kier molecular flexibility index (Phi) is 11.8. The quantitative estimate of drug-likeness (QED) is 0.177. The van der Waals surface area contributed by atoms with Crippen LogP contribution in [0.2, 0.25) is 0 Å². The molecule has 0 N–H and O–H groups in total. The molecule has 1 aliphatic rings. The van der Waals surface area contributed by atoms with E-state index in [-0.39, 0.29) is 37.6 Å². The highest BCUT2D eigenvalue weighted by molar-refractivity contribution is 7.07. The number of carbonyl (C=O) groups is 2. The molecule has 0 aliphatic carbocycles. The zero-order valence-electron chi connectivity index (χ0n) is 26.6. The number of rotatable bonds is 15. The van der Waals surface area contributed by atoms with Gasteiger partial charge < -0.3 is 28.4 Å². The van der Waals surface area contributed by atoms with Gasteiger partial charge in [-0.2, -0.15) is 0 Å². The summed E-state index contributed by atoms with van der Waals surface area (Å²) in [6, 6.07) is 9.64. The van der Waals surface area contributed by atoms with Crippen LogP contribution < -0.4 is 33.8 Å². The second kappa shape index (κ2) is 15.9. The normalized spacial score (nSPS) is 14.2. The van der Waals surface area contributed by atoms with Crippen molar-refractivity contribution in [3.8, 4) is 23.0 Å². The summed E-state index contributed by atoms with van der Waals surface area (Å²) in [6.45, 7) is 13.7. The first-order valence-corrected chi connectivity index (χ1v) is 15.8. The summed E-state index contributed by atoms with van der Waals surface area (Å²) in [6.07, 6.45) is 3.35. The minimum Gasteiger partial charge on any atom is -0.490 e. The lowest BCUT2D eigenvalue weighted by Gasteiger charge is -2.25. The molecule has 0 amide bonds. The second-order valence-electron chi connectivity index (χ2n) is 9.77. The molecule has 1 aliphatic heterocycles. The Labute approximate surface area is 271 Å². The maximum absolute atomic E-state index is 14.1. The van der Waals surface area contributed by atoms with Crippen LogP contribution in [0.5, 0.6) is 23.0 Å². The summed E-state index contributed by atoms with van der Waals surface area (Å²) in [7, 11) is 0. The van der Waals surface area contributed by atoms with Crippen molar-refractivity contribution >= 4 is 29.4 Å². The molecule has 0 bridgehead atoms. The van der Waals surface area contributed by atoms with E-state index in [0.29, 0.717) is 62.4 Å². The van der Waals surface area contributed by atoms with Crippen molar-refractivity contribution in [2.45, 2.75) is 40.7 Å². The summed E-state index contributed by atoms with van der Waals surface area (Å²) >= 11 is 1.20. The van der Waals surface area contributed by atoms with Crippen molar-refractivity contribution in [1.29, 1.82) is 0 Å². The van der Waals surface area contributed by atoms with E-state index in [0.717, 1.165) is 0 Å². The molecule has 1 aromatic heterocycles. The second-order valence-corrected chi connectivity index (χ2v) is 10.8. The Hall–Kier alpha value is -4.84. The molecule has 2 aromatic carbocycles. The van der Waals surface area contributed by atoms with Crippen LogP contribution in [0.15, 0.2) is 70.1 Å². The van der Waals surface area contributed by atoms with Crippen LogP contribution in [0.25, 0.3) is 6.08 Å². The first-order valence-electron chi connectivity index (χ1n) is 15.0. The summed E-state index contributed by atoms with van der Waals surface area (Å²) in [5, 5.41) is 0. The van der Waals surface area contributed by atoms with Gasteiger partial charge in [-0.25, -0.2) is 14.6 Å². The van der Waals surface area contributed by atoms with Gasteiger partial charge in [0.2, 0.25) is 0 Å². The molecule has 12 heteroatoms. The van der Waals surface area contributed by atoms with Gasteiger partial charge in [0.1, 0.15) is 6.61 Å². The van der Waals surface area contributed by atoms with E-state index >= 15 is 0 Å². The average molecular weight is 651 g/mol. The molecule has 0 spiro atoms. The zero-order chi connectivity index (χ0) is 33.2. The zero-order valence-corrected chi connectivity index (χ0v) is 27.4. The molecule has 0 fully saturated rings. The summed E-state index contributed by atoms with van der Waals surface area (Å²) in [5.74, 6) is 0.705. The number of hydrogen-bond donors (Lipinski definition) is 0. The minimum absolute atomic E-state index is 0.160. The van der Waals surface area contributed by atoms with Gasteiger partial charge in [-0.05, 0) is 76.1 Å². The predicted octanol–water partition coefficient (Wildman–Crippen LogP) is 4.10. The van der Waals surface area contributed by atoms with Crippen molar-refractivity contribution in [2.24, 2.45) is 4.99 Å². The predicted molar refractivity (Wildman–Crippen MR) is 173 cm³/mol. The molecular formula is C34H38N2O9S. The first kappa shape index (κ1) is 34.0. The molecule has 0 saturated heterocycles. The third kappa shape index (κ3) is 7.68. The van der Waals surface area contributed by atoms with Crippen LogP contribution in [-0.2, 0) is 19.1 Å². The lowest BCUT2D eigenvalue weighted by Crippen LogP contribution is -2.40. The van der Waals surface area contributed by atoms with Crippen LogP contribution in [0.3, 0.4) is 0 Å². The topological polar surface area (TPSA) is 124 Å². The molecule has 2 heterocycles. The Morgan fingerprint density at radius 2 is 1.57 bits per heavy atom. The van der Waals surface area contributed by atoms with Crippen molar-refractivity contribution in [2.75, 3.05) is 39.6 Å². The monoisotopic (exact) mass is 650 g/mol. The van der Waals surface area contributed by atoms with Crippen molar-refractivity contribution in [3.63, 3.8) is 0 Å². The number of hydrogen-bond acceptors (Lipinski definition) is 11. The van der Waals surface area contributed by atoms with E-state index in [1.165, 1.54) is 15.9 Å². The van der Waals surface area contributed by atoms with Crippen LogP contribution in [0.4, 0.5) is 0 Å². The molecule has 46 heavy (non-hydrogen) atoms.